The van der Waals surface area contributed by atoms with Crippen molar-refractivity contribution in [1.29, 1.82) is 0 Å². The number of morpholine rings is 1. The molecule has 0 spiro atoms. The van der Waals surface area contributed by atoms with E-state index in [2.05, 4.69) is 5.32 Å². The van der Waals surface area contributed by atoms with Gasteiger partial charge in [0, 0.05) is 37.0 Å². The minimum absolute atomic E-state index is 0.132. The third-order valence-electron chi connectivity index (χ3n) is 6.24. The van der Waals surface area contributed by atoms with Crippen LogP contribution in [0, 0.1) is 5.92 Å². The molecule has 1 N–H and O–H groups in total. The number of hydrogen-bond donors (Lipinski definition) is 1. The Morgan fingerprint density at radius 2 is 1.62 bits per heavy atom. The molecule has 0 radical (unpaired) electrons. The van der Waals surface area contributed by atoms with Crippen molar-refractivity contribution in [3.8, 4) is 0 Å². The molecule has 0 unspecified atom stereocenters. The summed E-state index contributed by atoms with van der Waals surface area (Å²) in [6.45, 7) is 2.60. The standard InChI is InChI=1S/C24H29N3O5S2/c1-33-19-6-8-20(9-7-19)34(30,31)27-12-10-18(11-13-27)23(28)25-22-5-3-2-4-21(22)24(29)26-14-16-32-17-15-26/h2-9,18H,10-17H2,1H3,(H,25,28). The molecule has 2 heterocycles. The number of sulfonamides is 1. The number of ether oxygens (including phenoxy) is 1. The lowest BCUT2D eigenvalue weighted by molar-refractivity contribution is -0.120. The summed E-state index contributed by atoms with van der Waals surface area (Å²) < 4.78 is 32.7. The number of nitrogens with zero attached hydrogens (tertiary/aromatic N) is 2. The molecule has 4 rings (SSSR count). The molecule has 2 amide bonds. The van der Waals surface area contributed by atoms with Gasteiger partial charge in [-0.05, 0) is 55.5 Å². The topological polar surface area (TPSA) is 96.0 Å². The number of anilines is 1. The van der Waals surface area contributed by atoms with Crippen LogP contribution in [0.3, 0.4) is 0 Å². The second-order valence-corrected chi connectivity index (χ2v) is 11.1. The molecule has 10 heteroatoms. The van der Waals surface area contributed by atoms with Crippen molar-refractivity contribution in [2.75, 3.05) is 51.0 Å². The molecule has 182 valence electrons. The fraction of sp³-hybridized carbons (Fsp3) is 0.417. The number of para-hydroxylation sites is 1. The zero-order chi connectivity index (χ0) is 24.1. The van der Waals surface area contributed by atoms with E-state index in [1.165, 1.54) is 4.31 Å². The second-order valence-electron chi connectivity index (χ2n) is 8.29. The first kappa shape index (κ1) is 24.7. The first-order chi connectivity index (χ1) is 16.4. The maximum atomic E-state index is 13.0. The van der Waals surface area contributed by atoms with E-state index in [0.29, 0.717) is 50.4 Å². The van der Waals surface area contributed by atoms with Gasteiger partial charge in [-0.25, -0.2) is 8.42 Å². The van der Waals surface area contributed by atoms with Gasteiger partial charge in [0.05, 0.1) is 29.4 Å². The van der Waals surface area contributed by atoms with Gasteiger partial charge in [-0.2, -0.15) is 4.31 Å². The number of carbonyl (C=O) groups excluding carboxylic acids is 2. The summed E-state index contributed by atoms with van der Waals surface area (Å²) in [7, 11) is -3.59. The van der Waals surface area contributed by atoms with Crippen LogP contribution < -0.4 is 5.32 Å². The van der Waals surface area contributed by atoms with Crippen LogP contribution in [0.5, 0.6) is 0 Å². The summed E-state index contributed by atoms with van der Waals surface area (Å²) in [5.41, 5.74) is 0.930. The molecular weight excluding hydrogens is 474 g/mol. The van der Waals surface area contributed by atoms with Gasteiger partial charge in [0.25, 0.3) is 5.91 Å². The Bertz CT molecular complexity index is 1120. The van der Waals surface area contributed by atoms with Crippen molar-refractivity contribution in [2.24, 2.45) is 5.92 Å². The smallest absolute Gasteiger partial charge is 0.256 e. The highest BCUT2D eigenvalue weighted by Gasteiger charge is 2.32. The lowest BCUT2D eigenvalue weighted by Crippen LogP contribution is -2.42. The van der Waals surface area contributed by atoms with E-state index in [0.717, 1.165) is 4.90 Å². The Hall–Kier alpha value is -2.40. The van der Waals surface area contributed by atoms with Crippen molar-refractivity contribution < 1.29 is 22.7 Å². The summed E-state index contributed by atoms with van der Waals surface area (Å²) in [5.74, 6) is -0.645. The van der Waals surface area contributed by atoms with Crippen molar-refractivity contribution in [3.05, 3.63) is 54.1 Å². The normalized spacial score (nSPS) is 18.0. The zero-order valence-corrected chi connectivity index (χ0v) is 20.7. The van der Waals surface area contributed by atoms with E-state index in [1.54, 1.807) is 65.2 Å². The summed E-state index contributed by atoms with van der Waals surface area (Å²) >= 11 is 1.56. The van der Waals surface area contributed by atoms with Crippen LogP contribution in [0.4, 0.5) is 5.69 Å². The molecule has 2 saturated heterocycles. The third kappa shape index (κ3) is 5.46. The molecule has 0 aliphatic carbocycles. The summed E-state index contributed by atoms with van der Waals surface area (Å²) in [6.07, 6.45) is 2.79. The van der Waals surface area contributed by atoms with E-state index < -0.39 is 10.0 Å². The van der Waals surface area contributed by atoms with Gasteiger partial charge < -0.3 is 15.0 Å². The van der Waals surface area contributed by atoms with Crippen molar-refractivity contribution in [1.82, 2.24) is 9.21 Å². The lowest BCUT2D eigenvalue weighted by atomic mass is 9.97. The minimum Gasteiger partial charge on any atom is -0.378 e. The maximum Gasteiger partial charge on any atom is 0.256 e. The fourth-order valence-corrected chi connectivity index (χ4v) is 6.08. The number of amides is 2. The van der Waals surface area contributed by atoms with Crippen LogP contribution in [0.2, 0.25) is 0 Å². The van der Waals surface area contributed by atoms with Crippen LogP contribution in [-0.2, 0) is 19.6 Å². The van der Waals surface area contributed by atoms with Crippen molar-refractivity contribution in [2.45, 2.75) is 22.6 Å². The van der Waals surface area contributed by atoms with Crippen molar-refractivity contribution in [3.63, 3.8) is 0 Å². The highest BCUT2D eigenvalue weighted by Crippen LogP contribution is 2.27. The molecule has 2 aliphatic rings. The van der Waals surface area contributed by atoms with E-state index in [1.807, 2.05) is 6.26 Å². The number of rotatable bonds is 6. The maximum absolute atomic E-state index is 13.0. The summed E-state index contributed by atoms with van der Waals surface area (Å²) in [6, 6.07) is 13.8. The molecule has 2 aromatic carbocycles. The summed E-state index contributed by atoms with van der Waals surface area (Å²) in [4.78, 5) is 28.9. The van der Waals surface area contributed by atoms with Crippen LogP contribution in [0.15, 0.2) is 58.3 Å². The molecule has 2 aromatic rings. The largest absolute Gasteiger partial charge is 0.378 e. The molecule has 0 aromatic heterocycles. The number of piperidine rings is 1. The van der Waals surface area contributed by atoms with Crippen LogP contribution in [0.25, 0.3) is 0 Å². The monoisotopic (exact) mass is 503 g/mol. The van der Waals surface area contributed by atoms with Crippen molar-refractivity contribution >= 4 is 39.3 Å². The van der Waals surface area contributed by atoms with E-state index >= 15 is 0 Å². The predicted molar refractivity (Wildman–Crippen MR) is 132 cm³/mol. The SMILES string of the molecule is CSc1ccc(S(=O)(=O)N2CCC(C(=O)Nc3ccccc3C(=O)N3CCOCC3)CC2)cc1. The van der Waals surface area contributed by atoms with Gasteiger partial charge in [-0.1, -0.05) is 12.1 Å². The van der Waals surface area contributed by atoms with Gasteiger partial charge in [0.1, 0.15) is 0 Å². The second kappa shape index (κ2) is 10.9. The number of thioether (sulfide) groups is 1. The Labute approximate surface area is 204 Å². The van der Waals surface area contributed by atoms with Gasteiger partial charge in [-0.15, -0.1) is 11.8 Å². The minimum atomic E-state index is -3.59. The molecule has 34 heavy (non-hydrogen) atoms. The Balaban J connectivity index is 1.38. The number of carbonyl (C=O) groups is 2. The van der Waals surface area contributed by atoms with Gasteiger partial charge in [0.2, 0.25) is 15.9 Å². The van der Waals surface area contributed by atoms with Gasteiger partial charge in [0.15, 0.2) is 0 Å². The molecule has 0 atom stereocenters. The highest BCUT2D eigenvalue weighted by molar-refractivity contribution is 7.98. The first-order valence-corrected chi connectivity index (χ1v) is 14.0. The molecule has 0 saturated carbocycles. The average Bonchev–Trinajstić information content (AvgIpc) is 2.89. The number of hydrogen-bond acceptors (Lipinski definition) is 6. The quantitative estimate of drug-likeness (QED) is 0.609. The molecule has 2 aliphatic heterocycles. The van der Waals surface area contributed by atoms with Crippen LogP contribution in [-0.4, -0.2) is 75.1 Å². The lowest BCUT2D eigenvalue weighted by Gasteiger charge is -2.31. The zero-order valence-electron chi connectivity index (χ0n) is 19.1. The van der Waals surface area contributed by atoms with Gasteiger partial charge >= 0.3 is 0 Å². The number of benzene rings is 2. The first-order valence-electron chi connectivity index (χ1n) is 11.3. The van der Waals surface area contributed by atoms with E-state index in [9.17, 15) is 18.0 Å². The Kier molecular flexibility index (Phi) is 7.92. The van der Waals surface area contributed by atoms with Gasteiger partial charge in [-0.3, -0.25) is 9.59 Å². The average molecular weight is 504 g/mol. The van der Waals surface area contributed by atoms with Crippen LogP contribution in [0.1, 0.15) is 23.2 Å². The Morgan fingerprint density at radius 3 is 2.26 bits per heavy atom. The van der Waals surface area contributed by atoms with E-state index in [4.69, 9.17) is 4.74 Å². The highest BCUT2D eigenvalue weighted by atomic mass is 32.2. The summed E-state index contributed by atoms with van der Waals surface area (Å²) in [5, 5.41) is 2.91. The fourth-order valence-electron chi connectivity index (χ4n) is 4.21. The Morgan fingerprint density at radius 1 is 0.971 bits per heavy atom. The molecule has 8 nitrogen and oxygen atoms in total. The van der Waals surface area contributed by atoms with E-state index in [-0.39, 0.29) is 35.7 Å². The molecule has 0 bridgehead atoms. The third-order valence-corrected chi connectivity index (χ3v) is 8.89. The predicted octanol–water partition coefficient (Wildman–Crippen LogP) is 2.92. The van der Waals surface area contributed by atoms with Crippen LogP contribution >= 0.6 is 11.8 Å². The molecular formula is C24H29N3O5S2. The number of nitrogens with one attached hydrogen (secondary N) is 1. The molecule has 2 fully saturated rings.